The first-order valence-electron chi connectivity index (χ1n) is 12.7. The van der Waals surface area contributed by atoms with E-state index < -0.39 is 0 Å². The van der Waals surface area contributed by atoms with E-state index in [9.17, 15) is 9.59 Å². The molecule has 4 nitrogen and oxygen atoms in total. The molecule has 1 aliphatic heterocycles. The van der Waals surface area contributed by atoms with Gasteiger partial charge in [-0.1, -0.05) is 57.2 Å². The molecular formula is C30H38N2O2. The molecule has 0 radical (unpaired) electrons. The highest BCUT2D eigenvalue weighted by molar-refractivity contribution is 5.87. The number of benzene rings is 2. The highest BCUT2D eigenvalue weighted by Gasteiger charge is 2.24. The van der Waals surface area contributed by atoms with E-state index >= 15 is 0 Å². The number of carbonyl (C=O) groups is 2. The molecule has 34 heavy (non-hydrogen) atoms. The van der Waals surface area contributed by atoms with Crippen molar-refractivity contribution in [2.75, 3.05) is 13.1 Å². The van der Waals surface area contributed by atoms with Crippen molar-refractivity contribution in [1.29, 1.82) is 0 Å². The summed E-state index contributed by atoms with van der Waals surface area (Å²) < 4.78 is 2.26. The number of hydrogen-bond donors (Lipinski definition) is 0. The summed E-state index contributed by atoms with van der Waals surface area (Å²) in [4.78, 5) is 26.8. The lowest BCUT2D eigenvalue weighted by Gasteiger charge is -2.32. The third kappa shape index (κ3) is 5.78. The molecule has 1 amide bonds. The zero-order valence-corrected chi connectivity index (χ0v) is 21.1. The molecule has 0 unspecified atom stereocenters. The Morgan fingerprint density at radius 1 is 0.912 bits per heavy atom. The van der Waals surface area contributed by atoms with Gasteiger partial charge in [0, 0.05) is 56.0 Å². The molecule has 0 spiro atoms. The van der Waals surface area contributed by atoms with Crippen LogP contribution in [-0.4, -0.2) is 34.2 Å². The third-order valence-corrected chi connectivity index (χ3v) is 7.22. The van der Waals surface area contributed by atoms with E-state index in [0.717, 1.165) is 32.4 Å². The Kier molecular flexibility index (Phi) is 7.25. The average molecular weight is 459 g/mol. The Morgan fingerprint density at radius 3 is 2.35 bits per heavy atom. The minimum Gasteiger partial charge on any atom is -0.344 e. The fourth-order valence-corrected chi connectivity index (χ4v) is 5.02. The zero-order chi connectivity index (χ0) is 24.3. The molecule has 0 N–H and O–H groups in total. The fraction of sp³-hybridized carbons (Fsp3) is 0.467. The van der Waals surface area contributed by atoms with Crippen LogP contribution in [0.2, 0.25) is 0 Å². The van der Waals surface area contributed by atoms with Gasteiger partial charge in [0.1, 0.15) is 5.78 Å². The summed E-state index contributed by atoms with van der Waals surface area (Å²) in [5.74, 6) is 0.808. The fourth-order valence-electron chi connectivity index (χ4n) is 5.02. The number of hydrogen-bond acceptors (Lipinski definition) is 2. The van der Waals surface area contributed by atoms with E-state index in [-0.39, 0.29) is 17.1 Å². The Labute approximate surface area is 204 Å². The minimum absolute atomic E-state index is 0.131. The van der Waals surface area contributed by atoms with Crippen LogP contribution < -0.4 is 0 Å². The topological polar surface area (TPSA) is 42.3 Å². The number of likely N-dealkylation sites (tertiary alicyclic amines) is 1. The second-order valence-electron chi connectivity index (χ2n) is 11.0. The number of para-hydroxylation sites is 1. The highest BCUT2D eigenvalue weighted by Crippen LogP contribution is 2.33. The molecule has 180 valence electrons. The average Bonchev–Trinajstić information content (AvgIpc) is 3.17. The van der Waals surface area contributed by atoms with Gasteiger partial charge in [0.2, 0.25) is 5.91 Å². The zero-order valence-electron chi connectivity index (χ0n) is 21.1. The summed E-state index contributed by atoms with van der Waals surface area (Å²) in [7, 11) is 2.13. The first-order chi connectivity index (χ1) is 16.2. The lowest BCUT2D eigenvalue weighted by molar-refractivity contribution is -0.134. The summed E-state index contributed by atoms with van der Waals surface area (Å²) in [6, 6.07) is 19.6. The first-order valence-corrected chi connectivity index (χ1v) is 12.7. The number of fused-ring (bicyclic) bond motifs is 1. The molecule has 2 aromatic carbocycles. The van der Waals surface area contributed by atoms with Crippen LogP contribution in [0.25, 0.3) is 22.2 Å². The maximum absolute atomic E-state index is 12.7. The van der Waals surface area contributed by atoms with Gasteiger partial charge >= 0.3 is 0 Å². The smallest absolute Gasteiger partial charge is 0.223 e. The largest absolute Gasteiger partial charge is 0.344 e. The molecule has 0 saturated carbocycles. The van der Waals surface area contributed by atoms with Crippen molar-refractivity contribution < 1.29 is 9.59 Å². The molecule has 1 aromatic heterocycles. The molecule has 4 rings (SSSR count). The third-order valence-electron chi connectivity index (χ3n) is 7.22. The molecule has 1 fully saturated rings. The van der Waals surface area contributed by atoms with Crippen LogP contribution in [0.3, 0.4) is 0 Å². The van der Waals surface area contributed by atoms with Crippen LogP contribution in [-0.2, 0) is 16.6 Å². The molecular weight excluding hydrogens is 420 g/mol. The van der Waals surface area contributed by atoms with Gasteiger partial charge in [-0.15, -0.1) is 0 Å². The normalized spacial score (nSPS) is 15.1. The van der Waals surface area contributed by atoms with Gasteiger partial charge in [0.05, 0.1) is 0 Å². The number of amides is 1. The number of carbonyl (C=O) groups excluding carboxylic acids is 2. The quantitative estimate of drug-likeness (QED) is 0.394. The number of Topliss-reactive ketones (excluding diaryl/α,β-unsaturated/α-hetero) is 1. The van der Waals surface area contributed by atoms with Crippen molar-refractivity contribution in [2.24, 2.45) is 12.5 Å². The van der Waals surface area contributed by atoms with Crippen molar-refractivity contribution in [2.45, 2.75) is 65.2 Å². The Hall–Kier alpha value is -2.88. The van der Waals surface area contributed by atoms with Crippen LogP contribution in [0.1, 0.15) is 70.8 Å². The van der Waals surface area contributed by atoms with Gasteiger partial charge in [-0.25, -0.2) is 0 Å². The van der Waals surface area contributed by atoms with Gasteiger partial charge in [-0.05, 0) is 59.9 Å². The lowest BCUT2D eigenvalue weighted by Crippen LogP contribution is -2.38. The van der Waals surface area contributed by atoms with Crippen LogP contribution in [0, 0.1) is 5.41 Å². The second-order valence-corrected chi connectivity index (χ2v) is 11.0. The minimum atomic E-state index is 0.131. The summed E-state index contributed by atoms with van der Waals surface area (Å²) in [5, 5.41) is 1.26. The predicted octanol–water partition coefficient (Wildman–Crippen LogP) is 6.73. The maximum Gasteiger partial charge on any atom is 0.223 e. The molecule has 0 atom stereocenters. The van der Waals surface area contributed by atoms with Crippen LogP contribution >= 0.6 is 0 Å². The van der Waals surface area contributed by atoms with Gasteiger partial charge in [0.25, 0.3) is 0 Å². The van der Waals surface area contributed by atoms with E-state index in [0.29, 0.717) is 25.2 Å². The van der Waals surface area contributed by atoms with E-state index in [1.807, 2.05) is 4.90 Å². The van der Waals surface area contributed by atoms with E-state index in [1.165, 1.54) is 27.7 Å². The van der Waals surface area contributed by atoms with E-state index in [2.05, 4.69) is 87.0 Å². The van der Waals surface area contributed by atoms with E-state index in [1.54, 1.807) is 0 Å². The number of piperidine rings is 1. The second kappa shape index (κ2) is 10.2. The number of rotatable bonds is 7. The molecule has 1 saturated heterocycles. The van der Waals surface area contributed by atoms with Crippen molar-refractivity contribution >= 4 is 22.6 Å². The van der Waals surface area contributed by atoms with Gasteiger partial charge in [-0.2, -0.15) is 0 Å². The summed E-state index contributed by atoms with van der Waals surface area (Å²) in [5.41, 5.74) is 5.22. The van der Waals surface area contributed by atoms with Crippen molar-refractivity contribution in [1.82, 2.24) is 9.47 Å². The van der Waals surface area contributed by atoms with Gasteiger partial charge in [-0.3, -0.25) is 9.59 Å². The van der Waals surface area contributed by atoms with Crippen molar-refractivity contribution in [3.05, 3.63) is 60.2 Å². The monoisotopic (exact) mass is 458 g/mol. The number of ketones is 1. The molecule has 0 bridgehead atoms. The number of aromatic nitrogens is 1. The van der Waals surface area contributed by atoms with Crippen LogP contribution in [0.15, 0.2) is 54.6 Å². The number of nitrogens with zero attached hydrogens (tertiary/aromatic N) is 2. The SMILES string of the molecule is Cn1c(-c2cccc(C3CCN(C(=O)CCC(=O)CCC(C)(C)C)CC3)c2)cc2ccccc21. The van der Waals surface area contributed by atoms with Gasteiger partial charge < -0.3 is 9.47 Å². The van der Waals surface area contributed by atoms with Crippen LogP contribution in [0.4, 0.5) is 0 Å². The van der Waals surface area contributed by atoms with E-state index in [4.69, 9.17) is 0 Å². The van der Waals surface area contributed by atoms with Crippen molar-refractivity contribution in [3.63, 3.8) is 0 Å². The summed E-state index contributed by atoms with van der Waals surface area (Å²) >= 11 is 0. The number of aryl methyl sites for hydroxylation is 1. The summed E-state index contributed by atoms with van der Waals surface area (Å²) in [6.45, 7) is 7.99. The summed E-state index contributed by atoms with van der Waals surface area (Å²) in [6.07, 6.45) is 4.13. The standard InChI is InChI=1S/C30H38N2O2/c1-30(2,3)17-14-26(33)12-13-29(34)32-18-15-22(16-19-32)23-9-7-10-24(20-23)28-21-25-8-5-6-11-27(25)31(28)4/h5-11,20-22H,12-19H2,1-4H3. The molecule has 0 aliphatic carbocycles. The predicted molar refractivity (Wildman–Crippen MR) is 140 cm³/mol. The molecule has 2 heterocycles. The molecule has 3 aromatic rings. The lowest BCUT2D eigenvalue weighted by atomic mass is 9.88. The van der Waals surface area contributed by atoms with Gasteiger partial charge in [0.15, 0.2) is 0 Å². The van der Waals surface area contributed by atoms with Crippen molar-refractivity contribution in [3.8, 4) is 11.3 Å². The highest BCUT2D eigenvalue weighted by atomic mass is 16.2. The molecule has 4 heteroatoms. The Balaban J connectivity index is 1.33. The maximum atomic E-state index is 12.7. The van der Waals surface area contributed by atoms with Crippen LogP contribution in [0.5, 0.6) is 0 Å². The Morgan fingerprint density at radius 2 is 1.65 bits per heavy atom. The first kappa shape index (κ1) is 24.3. The Bertz CT molecular complexity index is 1160. The molecule has 1 aliphatic rings.